The van der Waals surface area contributed by atoms with Crippen molar-refractivity contribution < 1.29 is 23.9 Å². The lowest BCUT2D eigenvalue weighted by molar-refractivity contribution is -0.151. The summed E-state index contributed by atoms with van der Waals surface area (Å²) in [6.07, 6.45) is 0.0698. The second-order valence-electron chi connectivity index (χ2n) is 7.05. The number of anilines is 2. The zero-order valence-corrected chi connectivity index (χ0v) is 16.7. The molecule has 3 rings (SSSR count). The lowest BCUT2D eigenvalue weighted by atomic mass is 10.1. The molecule has 1 heterocycles. The molecular formula is C22H24N2O5. The average molecular weight is 396 g/mol. The summed E-state index contributed by atoms with van der Waals surface area (Å²) in [7, 11) is 1.50. The van der Waals surface area contributed by atoms with Crippen LogP contribution in [0.3, 0.4) is 0 Å². The molecule has 2 amide bonds. The van der Waals surface area contributed by atoms with Crippen LogP contribution < -0.4 is 15.0 Å². The summed E-state index contributed by atoms with van der Waals surface area (Å²) < 4.78 is 10.3. The molecule has 1 aliphatic rings. The van der Waals surface area contributed by atoms with Gasteiger partial charge in [-0.25, -0.2) is 0 Å². The Bertz CT molecular complexity index is 941. The van der Waals surface area contributed by atoms with Gasteiger partial charge in [0.2, 0.25) is 5.91 Å². The number of carbonyl (C=O) groups is 3. The topological polar surface area (TPSA) is 84.9 Å². The van der Waals surface area contributed by atoms with Gasteiger partial charge in [-0.2, -0.15) is 0 Å². The molecule has 1 atom stereocenters. The smallest absolute Gasteiger partial charge is 0.311 e. The minimum absolute atomic E-state index is 0.0698. The molecule has 2 aromatic carbocycles. The van der Waals surface area contributed by atoms with Crippen LogP contribution in [0.5, 0.6) is 5.75 Å². The van der Waals surface area contributed by atoms with Gasteiger partial charge in [-0.15, -0.1) is 0 Å². The van der Waals surface area contributed by atoms with E-state index in [2.05, 4.69) is 5.32 Å². The molecule has 29 heavy (non-hydrogen) atoms. The number of carbonyl (C=O) groups excluding carboxylic acids is 3. The molecule has 7 nitrogen and oxygen atoms in total. The summed E-state index contributed by atoms with van der Waals surface area (Å²) in [6.45, 7) is 3.70. The van der Waals surface area contributed by atoms with Crippen molar-refractivity contribution in [2.45, 2.75) is 20.3 Å². The first-order valence-electron chi connectivity index (χ1n) is 9.36. The number of hydrogen-bond acceptors (Lipinski definition) is 5. The number of methoxy groups -OCH3 is 1. The molecule has 0 bridgehead atoms. The highest BCUT2D eigenvalue weighted by Crippen LogP contribution is 2.29. The van der Waals surface area contributed by atoms with E-state index >= 15 is 0 Å². The SMILES string of the molecule is COc1ccccc1NC(=O)COC(=O)[C@@H]1CC(=O)N(c2cc(C)ccc2C)C1. The van der Waals surface area contributed by atoms with Crippen LogP contribution in [0.4, 0.5) is 11.4 Å². The molecule has 0 spiro atoms. The van der Waals surface area contributed by atoms with Crippen LogP contribution in [0.1, 0.15) is 17.5 Å². The van der Waals surface area contributed by atoms with Crippen LogP contribution in [0.25, 0.3) is 0 Å². The number of benzene rings is 2. The molecule has 1 aliphatic heterocycles. The molecule has 7 heteroatoms. The monoisotopic (exact) mass is 396 g/mol. The Balaban J connectivity index is 1.57. The van der Waals surface area contributed by atoms with E-state index in [0.717, 1.165) is 16.8 Å². The summed E-state index contributed by atoms with van der Waals surface area (Å²) in [5.74, 6) is -1.24. The fourth-order valence-electron chi connectivity index (χ4n) is 3.30. The molecule has 0 unspecified atom stereocenters. The molecule has 0 radical (unpaired) electrons. The number of ether oxygens (including phenoxy) is 2. The number of esters is 1. The van der Waals surface area contributed by atoms with E-state index in [1.54, 1.807) is 29.2 Å². The van der Waals surface area contributed by atoms with Gasteiger partial charge in [0.05, 0.1) is 18.7 Å². The van der Waals surface area contributed by atoms with Gasteiger partial charge in [-0.05, 0) is 43.2 Å². The summed E-state index contributed by atoms with van der Waals surface area (Å²) in [4.78, 5) is 38.5. The van der Waals surface area contributed by atoms with Gasteiger partial charge in [0.25, 0.3) is 5.91 Å². The highest BCUT2D eigenvalue weighted by Gasteiger charge is 2.36. The highest BCUT2D eigenvalue weighted by atomic mass is 16.5. The van der Waals surface area contributed by atoms with Crippen molar-refractivity contribution in [2.24, 2.45) is 5.92 Å². The Hall–Kier alpha value is -3.35. The third kappa shape index (κ3) is 4.74. The van der Waals surface area contributed by atoms with Gasteiger partial charge in [-0.1, -0.05) is 24.3 Å². The van der Waals surface area contributed by atoms with Crippen molar-refractivity contribution in [1.82, 2.24) is 0 Å². The largest absolute Gasteiger partial charge is 0.495 e. The molecule has 0 aliphatic carbocycles. The lowest BCUT2D eigenvalue weighted by Crippen LogP contribution is -2.28. The summed E-state index contributed by atoms with van der Waals surface area (Å²) in [5.41, 5.74) is 3.30. The van der Waals surface area contributed by atoms with Crippen molar-refractivity contribution in [3.05, 3.63) is 53.6 Å². The van der Waals surface area contributed by atoms with Crippen molar-refractivity contribution in [2.75, 3.05) is 30.5 Å². The number of amides is 2. The molecule has 2 aromatic rings. The van der Waals surface area contributed by atoms with E-state index in [4.69, 9.17) is 9.47 Å². The highest BCUT2D eigenvalue weighted by molar-refractivity contribution is 6.00. The molecule has 0 aromatic heterocycles. The van der Waals surface area contributed by atoms with Crippen LogP contribution >= 0.6 is 0 Å². The van der Waals surface area contributed by atoms with Crippen molar-refractivity contribution in [1.29, 1.82) is 0 Å². The van der Waals surface area contributed by atoms with Crippen LogP contribution in [0, 0.1) is 19.8 Å². The quantitative estimate of drug-likeness (QED) is 0.759. The first-order chi connectivity index (χ1) is 13.9. The first kappa shape index (κ1) is 20.4. The number of hydrogen-bond donors (Lipinski definition) is 1. The number of nitrogens with one attached hydrogen (secondary N) is 1. The Morgan fingerprint density at radius 2 is 1.93 bits per heavy atom. The predicted molar refractivity (Wildman–Crippen MR) is 109 cm³/mol. The average Bonchev–Trinajstić information content (AvgIpc) is 3.10. The number of nitrogens with zero attached hydrogens (tertiary/aromatic N) is 1. The van der Waals surface area contributed by atoms with Crippen LogP contribution in [-0.4, -0.2) is 38.0 Å². The standard InChI is InChI=1S/C22H24N2O5/c1-14-8-9-15(2)18(10-14)24-12-16(11-21(24)26)22(27)29-13-20(25)23-17-6-4-5-7-19(17)28-3/h4-10,16H,11-13H2,1-3H3,(H,23,25)/t16-/m1/s1. The fraction of sp³-hybridized carbons (Fsp3) is 0.318. The minimum atomic E-state index is -0.596. The number of para-hydroxylation sites is 2. The number of rotatable bonds is 6. The van der Waals surface area contributed by atoms with Crippen molar-refractivity contribution in [3.63, 3.8) is 0 Å². The van der Waals surface area contributed by atoms with E-state index in [0.29, 0.717) is 11.4 Å². The van der Waals surface area contributed by atoms with E-state index in [-0.39, 0.29) is 18.9 Å². The van der Waals surface area contributed by atoms with Gasteiger partial charge in [-0.3, -0.25) is 14.4 Å². The summed E-state index contributed by atoms with van der Waals surface area (Å²) in [6, 6.07) is 12.8. The zero-order chi connectivity index (χ0) is 21.0. The summed E-state index contributed by atoms with van der Waals surface area (Å²) in [5, 5.41) is 2.65. The van der Waals surface area contributed by atoms with Gasteiger partial charge in [0.15, 0.2) is 6.61 Å². The van der Waals surface area contributed by atoms with E-state index in [1.165, 1.54) is 7.11 Å². The molecule has 0 saturated carbocycles. The minimum Gasteiger partial charge on any atom is -0.495 e. The normalized spacial score (nSPS) is 15.9. The van der Waals surface area contributed by atoms with Gasteiger partial charge >= 0.3 is 5.97 Å². The molecule has 152 valence electrons. The Morgan fingerprint density at radius 1 is 1.17 bits per heavy atom. The second-order valence-corrected chi connectivity index (χ2v) is 7.05. The van der Waals surface area contributed by atoms with Gasteiger partial charge < -0.3 is 19.7 Å². The Labute approximate surface area is 169 Å². The Kier molecular flexibility index (Phi) is 6.16. The Morgan fingerprint density at radius 3 is 2.69 bits per heavy atom. The maximum absolute atomic E-state index is 12.4. The summed E-state index contributed by atoms with van der Waals surface area (Å²) >= 11 is 0. The maximum Gasteiger partial charge on any atom is 0.311 e. The van der Waals surface area contributed by atoms with E-state index in [1.807, 2.05) is 32.0 Å². The van der Waals surface area contributed by atoms with Crippen molar-refractivity contribution in [3.8, 4) is 5.75 Å². The third-order valence-electron chi connectivity index (χ3n) is 4.84. The molecular weight excluding hydrogens is 372 g/mol. The second kappa shape index (κ2) is 8.77. The van der Waals surface area contributed by atoms with E-state index in [9.17, 15) is 14.4 Å². The van der Waals surface area contributed by atoms with Crippen molar-refractivity contribution >= 4 is 29.2 Å². The maximum atomic E-state index is 12.4. The van der Waals surface area contributed by atoms with E-state index < -0.39 is 24.4 Å². The van der Waals surface area contributed by atoms with Crippen LogP contribution in [0.15, 0.2) is 42.5 Å². The van der Waals surface area contributed by atoms with Gasteiger partial charge in [0, 0.05) is 18.7 Å². The predicted octanol–water partition coefficient (Wildman–Crippen LogP) is 2.85. The lowest BCUT2D eigenvalue weighted by Gasteiger charge is -2.19. The first-order valence-corrected chi connectivity index (χ1v) is 9.36. The zero-order valence-electron chi connectivity index (χ0n) is 16.7. The molecule has 1 fully saturated rings. The number of aryl methyl sites for hydroxylation is 2. The van der Waals surface area contributed by atoms with Gasteiger partial charge in [0.1, 0.15) is 5.75 Å². The fourth-order valence-corrected chi connectivity index (χ4v) is 3.30. The molecule has 1 N–H and O–H groups in total. The third-order valence-corrected chi connectivity index (χ3v) is 4.84. The van der Waals surface area contributed by atoms with Crippen LogP contribution in [-0.2, 0) is 19.1 Å². The molecule has 1 saturated heterocycles. The van der Waals surface area contributed by atoms with Crippen LogP contribution in [0.2, 0.25) is 0 Å².